The Labute approximate surface area is 127 Å². The molecule has 4 nitrogen and oxygen atoms in total. The Kier molecular flexibility index (Phi) is 4.99. The number of aromatic nitrogens is 2. The maximum Gasteiger partial charge on any atom is 0.224 e. The Balaban J connectivity index is 2.28. The van der Waals surface area contributed by atoms with Crippen molar-refractivity contribution in [1.29, 1.82) is 0 Å². The normalized spacial score (nSPS) is 11.6. The number of benzene rings is 1. The van der Waals surface area contributed by atoms with Crippen LogP contribution in [0, 0.1) is 17.8 Å². The molecule has 2 N–H and O–H groups in total. The van der Waals surface area contributed by atoms with Gasteiger partial charge in [-0.2, -0.15) is 4.98 Å². The summed E-state index contributed by atoms with van der Waals surface area (Å²) in [5.74, 6) is 3.48. The lowest BCUT2D eigenvalue weighted by atomic mass is 9.85. The third kappa shape index (κ3) is 3.63. The van der Waals surface area contributed by atoms with Crippen LogP contribution in [0.5, 0.6) is 0 Å². The smallest absolute Gasteiger partial charge is 0.224 e. The van der Waals surface area contributed by atoms with Crippen molar-refractivity contribution in [3.63, 3.8) is 0 Å². The number of hydrogen-bond donors (Lipinski definition) is 2. The fraction of sp³-hybridized carbons (Fsp3) is 0.529. The highest BCUT2D eigenvalue weighted by Crippen LogP contribution is 2.25. The van der Waals surface area contributed by atoms with Gasteiger partial charge in [0.1, 0.15) is 5.82 Å². The number of fused-ring (bicyclic) bond motifs is 1. The highest BCUT2D eigenvalue weighted by molar-refractivity contribution is 5.89. The number of para-hydroxylation sites is 1. The Morgan fingerprint density at radius 3 is 2.29 bits per heavy atom. The molecule has 0 saturated heterocycles. The second-order valence-corrected chi connectivity index (χ2v) is 6.20. The van der Waals surface area contributed by atoms with Crippen LogP contribution >= 0.6 is 0 Å². The lowest BCUT2D eigenvalue weighted by Crippen LogP contribution is -2.25. The average molecular weight is 286 g/mol. The fourth-order valence-corrected chi connectivity index (χ4v) is 2.78. The van der Waals surface area contributed by atoms with Crippen molar-refractivity contribution in [1.82, 2.24) is 9.97 Å². The van der Waals surface area contributed by atoms with E-state index in [0.29, 0.717) is 23.7 Å². The van der Waals surface area contributed by atoms with Gasteiger partial charge in [-0.25, -0.2) is 4.98 Å². The van der Waals surface area contributed by atoms with Crippen molar-refractivity contribution in [3.8, 4) is 0 Å². The first-order chi connectivity index (χ1) is 10.0. The first kappa shape index (κ1) is 15.5. The molecule has 1 aromatic carbocycles. The van der Waals surface area contributed by atoms with Crippen molar-refractivity contribution in [2.24, 2.45) is 17.8 Å². The van der Waals surface area contributed by atoms with Gasteiger partial charge in [0.15, 0.2) is 0 Å². The molecule has 0 aliphatic carbocycles. The summed E-state index contributed by atoms with van der Waals surface area (Å²) in [7, 11) is 1.85. The molecule has 1 heterocycles. The van der Waals surface area contributed by atoms with Crippen molar-refractivity contribution in [2.75, 3.05) is 24.2 Å². The summed E-state index contributed by atoms with van der Waals surface area (Å²) in [6, 6.07) is 8.12. The molecule has 21 heavy (non-hydrogen) atoms. The first-order valence-corrected chi connectivity index (χ1v) is 7.71. The number of anilines is 2. The standard InChI is InChI=1S/C17H26N4/c1-11(2)14(12(3)4)10-19-16-13-8-6-7-9-15(13)20-17(18-5)21-16/h6-9,11-12,14H,10H2,1-5H3,(H2,18,19,20,21). The fourth-order valence-electron chi connectivity index (χ4n) is 2.78. The van der Waals surface area contributed by atoms with E-state index < -0.39 is 0 Å². The number of hydrogen-bond acceptors (Lipinski definition) is 4. The van der Waals surface area contributed by atoms with E-state index in [1.165, 1.54) is 0 Å². The van der Waals surface area contributed by atoms with Crippen LogP contribution in [-0.2, 0) is 0 Å². The summed E-state index contributed by atoms with van der Waals surface area (Å²) < 4.78 is 0. The van der Waals surface area contributed by atoms with Gasteiger partial charge in [0, 0.05) is 19.0 Å². The van der Waals surface area contributed by atoms with E-state index in [1.54, 1.807) is 0 Å². The molecule has 0 aliphatic rings. The van der Waals surface area contributed by atoms with Crippen LogP contribution in [0.4, 0.5) is 11.8 Å². The molecule has 0 fully saturated rings. The number of rotatable bonds is 6. The Morgan fingerprint density at radius 2 is 1.67 bits per heavy atom. The highest BCUT2D eigenvalue weighted by atomic mass is 15.1. The molecule has 2 aromatic rings. The molecule has 0 radical (unpaired) electrons. The van der Waals surface area contributed by atoms with E-state index in [4.69, 9.17) is 0 Å². The maximum atomic E-state index is 4.58. The summed E-state index contributed by atoms with van der Waals surface area (Å²) in [5.41, 5.74) is 0.963. The molecule has 114 valence electrons. The monoisotopic (exact) mass is 286 g/mol. The predicted octanol–water partition coefficient (Wildman–Crippen LogP) is 4.01. The SMILES string of the molecule is CNc1nc(NCC(C(C)C)C(C)C)c2ccccc2n1. The number of nitrogens with one attached hydrogen (secondary N) is 2. The molecule has 0 amide bonds. The quantitative estimate of drug-likeness (QED) is 0.842. The van der Waals surface area contributed by atoms with E-state index in [1.807, 2.05) is 25.2 Å². The van der Waals surface area contributed by atoms with Crippen LogP contribution in [-0.4, -0.2) is 23.6 Å². The highest BCUT2D eigenvalue weighted by Gasteiger charge is 2.18. The zero-order chi connectivity index (χ0) is 15.4. The number of nitrogens with zero attached hydrogens (tertiary/aromatic N) is 2. The van der Waals surface area contributed by atoms with Gasteiger partial charge in [-0.3, -0.25) is 0 Å². The third-order valence-corrected chi connectivity index (χ3v) is 4.04. The van der Waals surface area contributed by atoms with E-state index in [9.17, 15) is 0 Å². The van der Waals surface area contributed by atoms with Crippen molar-refractivity contribution in [3.05, 3.63) is 24.3 Å². The molecule has 2 rings (SSSR count). The maximum absolute atomic E-state index is 4.58. The van der Waals surface area contributed by atoms with Gasteiger partial charge in [-0.05, 0) is 29.9 Å². The Bertz CT molecular complexity index is 584. The lowest BCUT2D eigenvalue weighted by Gasteiger charge is -2.25. The van der Waals surface area contributed by atoms with Gasteiger partial charge < -0.3 is 10.6 Å². The lowest BCUT2D eigenvalue weighted by molar-refractivity contribution is 0.304. The first-order valence-electron chi connectivity index (χ1n) is 7.71. The van der Waals surface area contributed by atoms with Gasteiger partial charge in [0.05, 0.1) is 5.52 Å². The minimum Gasteiger partial charge on any atom is -0.369 e. The minimum absolute atomic E-state index is 0.622. The minimum atomic E-state index is 0.622. The summed E-state index contributed by atoms with van der Waals surface area (Å²) in [5, 5.41) is 7.64. The molecule has 0 unspecified atom stereocenters. The van der Waals surface area contributed by atoms with E-state index in [0.717, 1.165) is 23.3 Å². The van der Waals surface area contributed by atoms with Crippen LogP contribution in [0.3, 0.4) is 0 Å². The zero-order valence-electron chi connectivity index (χ0n) is 13.6. The van der Waals surface area contributed by atoms with Crippen molar-refractivity contribution >= 4 is 22.7 Å². The zero-order valence-corrected chi connectivity index (χ0v) is 13.6. The van der Waals surface area contributed by atoms with Gasteiger partial charge in [0.25, 0.3) is 0 Å². The van der Waals surface area contributed by atoms with Crippen LogP contribution in [0.2, 0.25) is 0 Å². The van der Waals surface area contributed by atoms with Gasteiger partial charge in [-0.15, -0.1) is 0 Å². The molecule has 0 spiro atoms. The molecular weight excluding hydrogens is 260 g/mol. The Hall–Kier alpha value is -1.84. The van der Waals surface area contributed by atoms with Gasteiger partial charge >= 0.3 is 0 Å². The summed E-state index contributed by atoms with van der Waals surface area (Å²) in [6.07, 6.45) is 0. The third-order valence-electron chi connectivity index (χ3n) is 4.04. The summed E-state index contributed by atoms with van der Waals surface area (Å²) in [4.78, 5) is 9.07. The molecular formula is C17H26N4. The van der Waals surface area contributed by atoms with E-state index in [-0.39, 0.29) is 0 Å². The average Bonchev–Trinajstić information content (AvgIpc) is 2.46. The van der Waals surface area contributed by atoms with Crippen LogP contribution in [0.15, 0.2) is 24.3 Å². The second kappa shape index (κ2) is 6.74. The van der Waals surface area contributed by atoms with E-state index >= 15 is 0 Å². The topological polar surface area (TPSA) is 49.8 Å². The summed E-state index contributed by atoms with van der Waals surface area (Å²) in [6.45, 7) is 10.1. The molecule has 1 aromatic heterocycles. The summed E-state index contributed by atoms with van der Waals surface area (Å²) >= 11 is 0. The van der Waals surface area contributed by atoms with Crippen LogP contribution in [0.1, 0.15) is 27.7 Å². The molecule has 0 atom stereocenters. The predicted molar refractivity (Wildman–Crippen MR) is 90.7 cm³/mol. The molecule has 0 saturated carbocycles. The molecule has 0 bridgehead atoms. The Morgan fingerprint density at radius 1 is 1.00 bits per heavy atom. The molecule has 0 aliphatic heterocycles. The van der Waals surface area contributed by atoms with Crippen molar-refractivity contribution < 1.29 is 0 Å². The van der Waals surface area contributed by atoms with Gasteiger partial charge in [0.2, 0.25) is 5.95 Å². The second-order valence-electron chi connectivity index (χ2n) is 6.20. The van der Waals surface area contributed by atoms with Crippen molar-refractivity contribution in [2.45, 2.75) is 27.7 Å². The van der Waals surface area contributed by atoms with E-state index in [2.05, 4.69) is 54.4 Å². The van der Waals surface area contributed by atoms with Crippen LogP contribution < -0.4 is 10.6 Å². The molecule has 4 heteroatoms. The largest absolute Gasteiger partial charge is 0.369 e. The van der Waals surface area contributed by atoms with Gasteiger partial charge in [-0.1, -0.05) is 39.8 Å². The van der Waals surface area contributed by atoms with Crippen LogP contribution in [0.25, 0.3) is 10.9 Å².